The van der Waals surface area contributed by atoms with Crippen molar-refractivity contribution in [3.63, 3.8) is 0 Å². The first-order valence-electron chi connectivity index (χ1n) is 9.80. The molecule has 0 atom stereocenters. The minimum atomic E-state index is -3.91. The Labute approximate surface area is 182 Å². The molecule has 0 saturated carbocycles. The fourth-order valence-corrected chi connectivity index (χ4v) is 4.93. The van der Waals surface area contributed by atoms with Crippen LogP contribution >= 0.6 is 0 Å². The molecule has 3 aromatic rings. The summed E-state index contributed by atoms with van der Waals surface area (Å²) < 4.78 is 60.2. The molecule has 2 N–H and O–H groups in total. The average Bonchev–Trinajstić information content (AvgIpc) is 3.04. The number of hydrogen-bond donors (Lipinski definition) is 2. The first kappa shape index (κ1) is 22.8. The second kappa shape index (κ2) is 9.11. The summed E-state index contributed by atoms with van der Waals surface area (Å²) in [7, 11) is -7.70. The van der Waals surface area contributed by atoms with E-state index < -0.39 is 20.0 Å². The Morgan fingerprint density at radius 2 is 1.39 bits per heavy atom. The van der Waals surface area contributed by atoms with Crippen LogP contribution < -0.4 is 9.44 Å². The molecule has 1 aromatic heterocycles. The molecule has 0 aliphatic heterocycles. The van der Waals surface area contributed by atoms with Gasteiger partial charge < -0.3 is 4.52 Å². The monoisotopic (exact) mass is 463 g/mol. The molecule has 8 nitrogen and oxygen atoms in total. The van der Waals surface area contributed by atoms with Gasteiger partial charge in [-0.25, -0.2) is 21.6 Å². The van der Waals surface area contributed by atoms with Gasteiger partial charge in [-0.1, -0.05) is 30.6 Å². The highest BCUT2D eigenvalue weighted by Crippen LogP contribution is 2.23. The van der Waals surface area contributed by atoms with Gasteiger partial charge in [-0.3, -0.25) is 4.72 Å². The van der Waals surface area contributed by atoms with Crippen molar-refractivity contribution >= 4 is 31.6 Å². The lowest BCUT2D eigenvalue weighted by molar-refractivity contribution is 0.430. The van der Waals surface area contributed by atoms with E-state index in [1.165, 1.54) is 24.3 Å². The maximum atomic E-state index is 12.6. The SMILES string of the molecule is CCCCc1ccc(S(=O)(=O)Nc2ccc(S(=O)(=O)Nc3onc(C)c3C)cc2)cc1. The van der Waals surface area contributed by atoms with Gasteiger partial charge in [0.2, 0.25) is 5.88 Å². The van der Waals surface area contributed by atoms with Gasteiger partial charge in [0.25, 0.3) is 20.0 Å². The molecule has 0 spiro atoms. The lowest BCUT2D eigenvalue weighted by Gasteiger charge is -2.10. The van der Waals surface area contributed by atoms with Gasteiger partial charge in [0.1, 0.15) is 0 Å². The molecule has 31 heavy (non-hydrogen) atoms. The van der Waals surface area contributed by atoms with E-state index in [1.54, 1.807) is 38.1 Å². The van der Waals surface area contributed by atoms with Crippen LogP contribution in [0, 0.1) is 13.8 Å². The number of anilines is 2. The molecule has 0 bridgehead atoms. The second-order valence-electron chi connectivity index (χ2n) is 7.20. The van der Waals surface area contributed by atoms with E-state index in [0.717, 1.165) is 24.8 Å². The topological polar surface area (TPSA) is 118 Å². The molecule has 3 rings (SSSR count). The molecule has 0 fully saturated rings. The molecule has 1 heterocycles. The van der Waals surface area contributed by atoms with Gasteiger partial charge in [-0.15, -0.1) is 0 Å². The zero-order valence-corrected chi connectivity index (χ0v) is 19.2. The Morgan fingerprint density at radius 1 is 0.839 bits per heavy atom. The summed E-state index contributed by atoms with van der Waals surface area (Å²) in [6.07, 6.45) is 3.02. The average molecular weight is 464 g/mol. The first-order chi connectivity index (χ1) is 14.6. The van der Waals surface area contributed by atoms with E-state index in [-0.39, 0.29) is 21.4 Å². The number of unbranched alkanes of at least 4 members (excludes halogenated alkanes) is 1. The van der Waals surface area contributed by atoms with Crippen LogP contribution in [-0.2, 0) is 26.5 Å². The number of aryl methyl sites for hydroxylation is 2. The summed E-state index contributed by atoms with van der Waals surface area (Å²) in [6, 6.07) is 12.1. The third-order valence-electron chi connectivity index (χ3n) is 4.85. The van der Waals surface area contributed by atoms with Crippen LogP contribution in [0.1, 0.15) is 36.6 Å². The normalized spacial score (nSPS) is 12.0. The fourth-order valence-electron chi connectivity index (χ4n) is 2.82. The second-order valence-corrected chi connectivity index (χ2v) is 10.6. The van der Waals surface area contributed by atoms with Gasteiger partial charge in [-0.05, 0) is 68.7 Å². The number of nitrogens with one attached hydrogen (secondary N) is 2. The van der Waals surface area contributed by atoms with E-state index in [9.17, 15) is 16.8 Å². The van der Waals surface area contributed by atoms with Gasteiger partial charge in [0, 0.05) is 11.3 Å². The van der Waals surface area contributed by atoms with Gasteiger partial charge in [0.05, 0.1) is 15.5 Å². The van der Waals surface area contributed by atoms with Crippen LogP contribution in [0.3, 0.4) is 0 Å². The van der Waals surface area contributed by atoms with Crippen LogP contribution in [-0.4, -0.2) is 22.0 Å². The van der Waals surface area contributed by atoms with E-state index in [0.29, 0.717) is 11.3 Å². The molecule has 2 aromatic carbocycles. The van der Waals surface area contributed by atoms with Crippen LogP contribution in [0.15, 0.2) is 62.8 Å². The largest absolute Gasteiger partial charge is 0.337 e. The van der Waals surface area contributed by atoms with Gasteiger partial charge in [0.15, 0.2) is 0 Å². The maximum absolute atomic E-state index is 12.6. The van der Waals surface area contributed by atoms with Crippen molar-refractivity contribution < 1.29 is 21.4 Å². The molecule has 0 amide bonds. The predicted octanol–water partition coefficient (Wildman–Crippen LogP) is 4.24. The molecule has 0 aliphatic rings. The molecule has 0 unspecified atom stereocenters. The van der Waals surface area contributed by atoms with Crippen molar-refractivity contribution in [3.8, 4) is 0 Å². The van der Waals surface area contributed by atoms with E-state index in [1.807, 2.05) is 0 Å². The van der Waals surface area contributed by atoms with Crippen molar-refractivity contribution in [1.82, 2.24) is 5.16 Å². The lowest BCUT2D eigenvalue weighted by atomic mass is 10.1. The molecule has 10 heteroatoms. The highest BCUT2D eigenvalue weighted by atomic mass is 32.2. The first-order valence-corrected chi connectivity index (χ1v) is 12.8. The standard InChI is InChI=1S/C21H25N3O5S2/c1-4-5-6-17-7-11-19(12-8-17)30(25,26)23-18-9-13-20(14-10-18)31(27,28)24-21-15(2)16(3)22-29-21/h7-14,23-24H,4-6H2,1-3H3. The zero-order chi connectivity index (χ0) is 22.6. The highest BCUT2D eigenvalue weighted by molar-refractivity contribution is 7.93. The minimum Gasteiger partial charge on any atom is -0.337 e. The van der Waals surface area contributed by atoms with Gasteiger partial charge in [-0.2, -0.15) is 0 Å². The Kier molecular flexibility index (Phi) is 6.71. The number of nitrogens with zero attached hydrogens (tertiary/aromatic N) is 1. The molecule has 0 aliphatic carbocycles. The minimum absolute atomic E-state index is 0.0378. The Balaban J connectivity index is 1.72. The predicted molar refractivity (Wildman–Crippen MR) is 119 cm³/mol. The van der Waals surface area contributed by atoms with Crippen molar-refractivity contribution in [1.29, 1.82) is 0 Å². The zero-order valence-electron chi connectivity index (χ0n) is 17.5. The van der Waals surface area contributed by atoms with E-state index >= 15 is 0 Å². The van der Waals surface area contributed by atoms with E-state index in [4.69, 9.17) is 4.52 Å². The third kappa shape index (κ3) is 5.45. The number of sulfonamides is 2. The Bertz CT molecular complexity index is 1250. The Hall–Kier alpha value is -2.85. The smallest absolute Gasteiger partial charge is 0.264 e. The van der Waals surface area contributed by atoms with Crippen molar-refractivity contribution in [2.24, 2.45) is 0 Å². The number of rotatable bonds is 9. The number of hydrogen-bond acceptors (Lipinski definition) is 6. The van der Waals surface area contributed by atoms with Gasteiger partial charge >= 0.3 is 0 Å². The quantitative estimate of drug-likeness (QED) is 0.490. The maximum Gasteiger partial charge on any atom is 0.264 e. The summed E-state index contributed by atoms with van der Waals surface area (Å²) in [5.74, 6) is 0.0460. The Morgan fingerprint density at radius 3 is 1.90 bits per heavy atom. The van der Waals surface area contributed by atoms with Crippen molar-refractivity contribution in [2.75, 3.05) is 9.44 Å². The molecule has 166 valence electrons. The summed E-state index contributed by atoms with van der Waals surface area (Å²) in [5.41, 5.74) is 2.51. The number of benzene rings is 2. The molecular formula is C21H25N3O5S2. The van der Waals surface area contributed by atoms with Crippen LogP contribution in [0.25, 0.3) is 0 Å². The summed E-state index contributed by atoms with van der Waals surface area (Å²) in [5, 5.41) is 3.72. The van der Waals surface area contributed by atoms with Crippen LogP contribution in [0.4, 0.5) is 11.6 Å². The summed E-state index contributed by atoms with van der Waals surface area (Å²) in [4.78, 5) is 0.103. The molecule has 0 radical (unpaired) electrons. The van der Waals surface area contributed by atoms with Crippen LogP contribution in [0.5, 0.6) is 0 Å². The van der Waals surface area contributed by atoms with E-state index in [2.05, 4.69) is 21.5 Å². The number of aromatic nitrogens is 1. The summed E-state index contributed by atoms with van der Waals surface area (Å²) >= 11 is 0. The summed E-state index contributed by atoms with van der Waals surface area (Å²) in [6.45, 7) is 5.50. The fraction of sp³-hybridized carbons (Fsp3) is 0.286. The third-order valence-corrected chi connectivity index (χ3v) is 7.60. The molecular weight excluding hydrogens is 438 g/mol. The van der Waals surface area contributed by atoms with Crippen molar-refractivity contribution in [2.45, 2.75) is 49.8 Å². The van der Waals surface area contributed by atoms with Crippen molar-refractivity contribution in [3.05, 3.63) is 65.4 Å². The lowest BCUT2D eigenvalue weighted by Crippen LogP contribution is -2.15. The van der Waals surface area contributed by atoms with Crippen LogP contribution in [0.2, 0.25) is 0 Å². The highest BCUT2D eigenvalue weighted by Gasteiger charge is 2.20. The molecule has 0 saturated heterocycles.